The summed E-state index contributed by atoms with van der Waals surface area (Å²) in [6.45, 7) is 6.02. The van der Waals surface area contributed by atoms with Crippen molar-refractivity contribution in [3.05, 3.63) is 32.9 Å². The molecule has 0 bridgehead atoms. The molecule has 0 spiro atoms. The maximum absolute atomic E-state index is 12.0. The summed E-state index contributed by atoms with van der Waals surface area (Å²) < 4.78 is 2.69. The third-order valence-electron chi connectivity index (χ3n) is 3.40. The molecule has 0 saturated heterocycles. The second kappa shape index (κ2) is 8.04. The largest absolute Gasteiger partial charge is 0.334 e. The van der Waals surface area contributed by atoms with E-state index in [0.717, 1.165) is 29.7 Å². The first-order valence-corrected chi connectivity index (χ1v) is 9.45. The van der Waals surface area contributed by atoms with Crippen LogP contribution in [-0.2, 0) is 6.54 Å². The predicted molar refractivity (Wildman–Crippen MR) is 96.5 cm³/mol. The van der Waals surface area contributed by atoms with Gasteiger partial charge >= 0.3 is 4.87 Å². The lowest BCUT2D eigenvalue weighted by Gasteiger charge is -2.17. The number of thiazole rings is 1. The maximum atomic E-state index is 12.0. The Bertz CT molecular complexity index is 707. The van der Waals surface area contributed by atoms with Crippen LogP contribution in [0, 0.1) is 0 Å². The van der Waals surface area contributed by atoms with Gasteiger partial charge in [-0.05, 0) is 38.5 Å². The van der Waals surface area contributed by atoms with E-state index in [1.54, 1.807) is 15.5 Å². The summed E-state index contributed by atoms with van der Waals surface area (Å²) in [5.41, 5.74) is 0.877. The highest BCUT2D eigenvalue weighted by Gasteiger charge is 2.11. The standard InChI is InChI=1S/C15H19ClN2O2S2/c1-3-17(4-2)14(19)21-9-5-8-18-12-10-11(16)6-7-13(12)22-15(18)20/h6-7,10H,3-5,8-9H2,1-2H3. The molecule has 0 fully saturated rings. The summed E-state index contributed by atoms with van der Waals surface area (Å²) in [4.78, 5) is 25.8. The van der Waals surface area contributed by atoms with Crippen molar-refractivity contribution in [2.24, 2.45) is 0 Å². The maximum Gasteiger partial charge on any atom is 0.308 e. The molecule has 0 saturated carbocycles. The molecular formula is C15H19ClN2O2S2. The van der Waals surface area contributed by atoms with Gasteiger partial charge in [-0.2, -0.15) is 0 Å². The van der Waals surface area contributed by atoms with Gasteiger partial charge in [-0.3, -0.25) is 14.2 Å². The van der Waals surface area contributed by atoms with Crippen LogP contribution in [0.1, 0.15) is 20.3 Å². The second-order valence-corrected chi connectivity index (χ2v) is 7.25. The molecule has 0 atom stereocenters. The topological polar surface area (TPSA) is 42.3 Å². The van der Waals surface area contributed by atoms with E-state index in [1.165, 1.54) is 23.1 Å². The molecule has 1 aromatic heterocycles. The number of thioether (sulfide) groups is 1. The van der Waals surface area contributed by atoms with Crippen molar-refractivity contribution >= 4 is 50.2 Å². The van der Waals surface area contributed by atoms with Crippen LogP contribution in [0.4, 0.5) is 4.79 Å². The summed E-state index contributed by atoms with van der Waals surface area (Å²) in [5, 5.41) is 0.737. The monoisotopic (exact) mass is 358 g/mol. The van der Waals surface area contributed by atoms with Crippen molar-refractivity contribution in [3.8, 4) is 0 Å². The van der Waals surface area contributed by atoms with E-state index in [0.29, 0.717) is 17.3 Å². The molecule has 1 aromatic carbocycles. The molecule has 2 rings (SSSR count). The number of carbonyl (C=O) groups excluding carboxylic acids is 1. The van der Waals surface area contributed by atoms with E-state index in [9.17, 15) is 9.59 Å². The van der Waals surface area contributed by atoms with Gasteiger partial charge in [0.25, 0.3) is 5.24 Å². The van der Waals surface area contributed by atoms with Gasteiger partial charge in [-0.1, -0.05) is 34.7 Å². The zero-order chi connectivity index (χ0) is 16.1. The van der Waals surface area contributed by atoms with E-state index in [4.69, 9.17) is 11.6 Å². The number of fused-ring (bicyclic) bond motifs is 1. The summed E-state index contributed by atoms with van der Waals surface area (Å²) in [6.07, 6.45) is 0.774. The third-order valence-corrected chi connectivity index (χ3v) is 5.60. The van der Waals surface area contributed by atoms with Crippen molar-refractivity contribution in [1.29, 1.82) is 0 Å². The van der Waals surface area contributed by atoms with Crippen LogP contribution in [-0.4, -0.2) is 33.5 Å². The molecule has 0 aliphatic rings. The zero-order valence-electron chi connectivity index (χ0n) is 12.7. The van der Waals surface area contributed by atoms with Crippen LogP contribution in [0.2, 0.25) is 5.02 Å². The lowest BCUT2D eigenvalue weighted by Crippen LogP contribution is -2.27. The molecular weight excluding hydrogens is 340 g/mol. The summed E-state index contributed by atoms with van der Waals surface area (Å²) >= 11 is 8.55. The first-order chi connectivity index (χ1) is 10.6. The quantitative estimate of drug-likeness (QED) is 0.723. The molecule has 1 heterocycles. The van der Waals surface area contributed by atoms with Gasteiger partial charge in [0.05, 0.1) is 10.2 Å². The van der Waals surface area contributed by atoms with Crippen LogP contribution < -0.4 is 4.87 Å². The summed E-state index contributed by atoms with van der Waals surface area (Å²) in [7, 11) is 0. The van der Waals surface area contributed by atoms with Crippen LogP contribution in [0.15, 0.2) is 23.0 Å². The fourth-order valence-electron chi connectivity index (χ4n) is 2.20. The average molecular weight is 359 g/mol. The number of hydrogen-bond acceptors (Lipinski definition) is 4. The van der Waals surface area contributed by atoms with Crippen LogP contribution in [0.3, 0.4) is 0 Å². The number of rotatable bonds is 6. The van der Waals surface area contributed by atoms with Crippen LogP contribution in [0.5, 0.6) is 0 Å². The highest BCUT2D eigenvalue weighted by atomic mass is 35.5. The van der Waals surface area contributed by atoms with Crippen molar-refractivity contribution in [2.75, 3.05) is 18.8 Å². The average Bonchev–Trinajstić information content (AvgIpc) is 2.80. The van der Waals surface area contributed by atoms with Gasteiger partial charge in [0.2, 0.25) is 0 Å². The van der Waals surface area contributed by atoms with Gasteiger partial charge in [0, 0.05) is 30.4 Å². The Kier molecular flexibility index (Phi) is 6.35. The normalized spacial score (nSPS) is 11.0. The van der Waals surface area contributed by atoms with Gasteiger partial charge < -0.3 is 4.90 Å². The molecule has 0 aliphatic heterocycles. The molecule has 0 aliphatic carbocycles. The summed E-state index contributed by atoms with van der Waals surface area (Å²) in [6, 6.07) is 5.49. The van der Waals surface area contributed by atoms with Gasteiger partial charge in [0.1, 0.15) is 0 Å². The zero-order valence-corrected chi connectivity index (χ0v) is 15.1. The highest BCUT2D eigenvalue weighted by Crippen LogP contribution is 2.22. The Balaban J connectivity index is 1.95. The number of benzene rings is 1. The smallest absolute Gasteiger partial charge is 0.308 e. The number of halogens is 1. The fourth-order valence-corrected chi connectivity index (χ4v) is 4.16. The Morgan fingerprint density at radius 3 is 2.77 bits per heavy atom. The number of amides is 1. The van der Waals surface area contributed by atoms with Gasteiger partial charge in [-0.15, -0.1) is 0 Å². The molecule has 4 nitrogen and oxygen atoms in total. The Hall–Kier alpha value is -0.980. The van der Waals surface area contributed by atoms with Crippen LogP contribution >= 0.6 is 34.7 Å². The predicted octanol–water partition coefficient (Wildman–Crippen LogP) is 4.30. The first-order valence-electron chi connectivity index (χ1n) is 7.27. The number of nitrogens with zero attached hydrogens (tertiary/aromatic N) is 2. The number of aromatic nitrogens is 1. The third kappa shape index (κ3) is 4.06. The van der Waals surface area contributed by atoms with E-state index in [1.807, 2.05) is 26.0 Å². The molecule has 120 valence electrons. The van der Waals surface area contributed by atoms with E-state index in [-0.39, 0.29) is 10.1 Å². The van der Waals surface area contributed by atoms with Gasteiger partial charge in [0.15, 0.2) is 0 Å². The highest BCUT2D eigenvalue weighted by molar-refractivity contribution is 8.13. The molecule has 2 aromatic rings. The summed E-state index contributed by atoms with van der Waals surface area (Å²) in [5.74, 6) is 0.708. The second-order valence-electron chi connectivity index (χ2n) is 4.77. The molecule has 1 amide bonds. The SMILES string of the molecule is CCN(CC)C(=O)SCCCn1c(=O)sc2ccc(Cl)cc21. The van der Waals surface area contributed by atoms with Crippen molar-refractivity contribution < 1.29 is 4.79 Å². The minimum absolute atomic E-state index is 0.0253. The van der Waals surface area contributed by atoms with E-state index in [2.05, 4.69) is 0 Å². The van der Waals surface area contributed by atoms with Crippen molar-refractivity contribution in [2.45, 2.75) is 26.8 Å². The van der Waals surface area contributed by atoms with Crippen molar-refractivity contribution in [3.63, 3.8) is 0 Å². The lowest BCUT2D eigenvalue weighted by atomic mass is 10.3. The molecule has 0 N–H and O–H groups in total. The number of aryl methyl sites for hydroxylation is 1. The molecule has 22 heavy (non-hydrogen) atoms. The Morgan fingerprint density at radius 2 is 2.09 bits per heavy atom. The molecule has 0 radical (unpaired) electrons. The molecule has 0 unspecified atom stereocenters. The minimum atomic E-state index is 0.0253. The Morgan fingerprint density at radius 1 is 1.36 bits per heavy atom. The Labute approximate surface area is 143 Å². The lowest BCUT2D eigenvalue weighted by molar-refractivity contribution is 0.228. The van der Waals surface area contributed by atoms with E-state index >= 15 is 0 Å². The van der Waals surface area contributed by atoms with Crippen LogP contribution in [0.25, 0.3) is 10.2 Å². The molecule has 7 heteroatoms. The van der Waals surface area contributed by atoms with Gasteiger partial charge in [-0.25, -0.2) is 0 Å². The van der Waals surface area contributed by atoms with Crippen molar-refractivity contribution in [1.82, 2.24) is 9.47 Å². The minimum Gasteiger partial charge on any atom is -0.334 e. The van der Waals surface area contributed by atoms with E-state index < -0.39 is 0 Å². The number of hydrogen-bond donors (Lipinski definition) is 0. The fraction of sp³-hybridized carbons (Fsp3) is 0.467. The number of carbonyl (C=O) groups is 1. The first kappa shape index (κ1) is 17.4.